The minimum absolute atomic E-state index is 0.0542. The number of likely N-dealkylation sites (N-methyl/N-ethyl adjacent to an activating group) is 1. The van der Waals surface area contributed by atoms with Gasteiger partial charge in [-0.2, -0.15) is 0 Å². The predicted molar refractivity (Wildman–Crippen MR) is 166 cm³/mol. The van der Waals surface area contributed by atoms with E-state index >= 15 is 0 Å². The van der Waals surface area contributed by atoms with Gasteiger partial charge in [0.15, 0.2) is 0 Å². The molecule has 234 valence electrons. The Balaban J connectivity index is 1.67. The van der Waals surface area contributed by atoms with Crippen molar-refractivity contribution in [1.82, 2.24) is 15.5 Å². The van der Waals surface area contributed by atoms with E-state index in [4.69, 9.17) is 4.74 Å². The number of carbonyl (C=O) groups is 4. The number of benzene rings is 2. The number of alkyl carbamates (subject to hydrolysis) is 1. The molecule has 0 saturated heterocycles. The maximum absolute atomic E-state index is 13.7. The summed E-state index contributed by atoms with van der Waals surface area (Å²) in [4.78, 5) is 53.1. The van der Waals surface area contributed by atoms with E-state index in [9.17, 15) is 24.3 Å². The number of ether oxygens (including phenoxy) is 1. The highest BCUT2D eigenvalue weighted by molar-refractivity contribution is 5.93. The average molecular weight is 594 g/mol. The van der Waals surface area contributed by atoms with Gasteiger partial charge in [-0.05, 0) is 53.9 Å². The Morgan fingerprint density at radius 2 is 1.47 bits per heavy atom. The standard InChI is InChI=1S/C34H47N3O6/c1-9-21(4)30(22(5)18-28(38)39)37(8)31(40)29(20(2)3)35-32(41)34(6,7)36-33(42)43-19-27-25-16-12-10-14-23(25)24-15-11-13-17-26(24)27/h10-17,20-22,27,29-30H,9,18-19H2,1-8H3,(H,35,41)(H,36,42)(H,38,39)/t21-,22+,29-,30-/m0/s1. The van der Waals surface area contributed by atoms with Crippen LogP contribution >= 0.6 is 0 Å². The van der Waals surface area contributed by atoms with Gasteiger partial charge in [0.1, 0.15) is 18.2 Å². The van der Waals surface area contributed by atoms with Crippen LogP contribution < -0.4 is 10.6 Å². The van der Waals surface area contributed by atoms with Crippen LogP contribution in [0.15, 0.2) is 48.5 Å². The maximum atomic E-state index is 13.7. The third-order valence-corrected chi connectivity index (χ3v) is 8.65. The number of carboxylic acids is 1. The normalized spacial score (nSPS) is 15.5. The molecule has 0 spiro atoms. The van der Waals surface area contributed by atoms with Crippen LogP contribution in [0.25, 0.3) is 11.1 Å². The summed E-state index contributed by atoms with van der Waals surface area (Å²) in [6.07, 6.45) is -0.0318. The zero-order valence-corrected chi connectivity index (χ0v) is 26.6. The molecule has 1 aliphatic rings. The fourth-order valence-corrected chi connectivity index (χ4v) is 6.11. The number of nitrogens with one attached hydrogen (secondary N) is 2. The summed E-state index contributed by atoms with van der Waals surface area (Å²) in [5.74, 6) is -2.35. The Labute approximate surface area is 255 Å². The van der Waals surface area contributed by atoms with Crippen molar-refractivity contribution in [2.45, 2.75) is 84.8 Å². The first-order valence-electron chi connectivity index (χ1n) is 15.1. The Morgan fingerprint density at radius 3 is 1.95 bits per heavy atom. The predicted octanol–water partition coefficient (Wildman–Crippen LogP) is 5.43. The van der Waals surface area contributed by atoms with E-state index in [1.54, 1.807) is 25.8 Å². The molecule has 2 aromatic rings. The zero-order chi connectivity index (χ0) is 32.1. The number of aliphatic carboxylic acids is 1. The smallest absolute Gasteiger partial charge is 0.408 e. The maximum Gasteiger partial charge on any atom is 0.408 e. The number of hydrogen-bond acceptors (Lipinski definition) is 5. The summed E-state index contributed by atoms with van der Waals surface area (Å²) in [5, 5.41) is 14.9. The molecule has 0 aliphatic heterocycles. The van der Waals surface area contributed by atoms with E-state index in [0.29, 0.717) is 0 Å². The van der Waals surface area contributed by atoms with Crippen LogP contribution in [0, 0.1) is 17.8 Å². The average Bonchev–Trinajstić information content (AvgIpc) is 3.26. The van der Waals surface area contributed by atoms with E-state index < -0.39 is 29.6 Å². The van der Waals surface area contributed by atoms with E-state index in [-0.39, 0.29) is 48.6 Å². The van der Waals surface area contributed by atoms with Gasteiger partial charge in [-0.1, -0.05) is 89.6 Å². The second-order valence-corrected chi connectivity index (χ2v) is 12.7. The summed E-state index contributed by atoms with van der Waals surface area (Å²) < 4.78 is 5.64. The van der Waals surface area contributed by atoms with Crippen molar-refractivity contribution < 1.29 is 29.0 Å². The fourth-order valence-electron chi connectivity index (χ4n) is 6.11. The van der Waals surface area contributed by atoms with Gasteiger partial charge in [-0.15, -0.1) is 0 Å². The molecule has 4 atom stereocenters. The lowest BCUT2D eigenvalue weighted by Crippen LogP contribution is -2.61. The van der Waals surface area contributed by atoms with Crippen LogP contribution in [0.1, 0.15) is 78.4 Å². The third kappa shape index (κ3) is 7.75. The molecule has 9 heteroatoms. The van der Waals surface area contributed by atoms with E-state index in [2.05, 4.69) is 22.8 Å². The first-order chi connectivity index (χ1) is 20.2. The third-order valence-electron chi connectivity index (χ3n) is 8.65. The molecule has 9 nitrogen and oxygen atoms in total. The lowest BCUT2D eigenvalue weighted by Gasteiger charge is -2.39. The molecule has 1 aliphatic carbocycles. The van der Waals surface area contributed by atoms with Crippen LogP contribution in [-0.4, -0.2) is 65.2 Å². The van der Waals surface area contributed by atoms with Crippen molar-refractivity contribution in [1.29, 1.82) is 0 Å². The molecule has 0 heterocycles. The van der Waals surface area contributed by atoms with Gasteiger partial charge in [0.05, 0.1) is 0 Å². The highest BCUT2D eigenvalue weighted by Crippen LogP contribution is 2.44. The van der Waals surface area contributed by atoms with Crippen LogP contribution in [0.2, 0.25) is 0 Å². The molecule has 0 unspecified atom stereocenters. The Bertz CT molecular complexity index is 1280. The van der Waals surface area contributed by atoms with E-state index in [1.807, 2.05) is 71.0 Å². The lowest BCUT2D eigenvalue weighted by molar-refractivity contribution is -0.144. The van der Waals surface area contributed by atoms with Crippen molar-refractivity contribution in [2.24, 2.45) is 17.8 Å². The molecule has 0 saturated carbocycles. The topological polar surface area (TPSA) is 125 Å². The molecule has 0 aromatic heterocycles. The molecule has 0 radical (unpaired) electrons. The van der Waals surface area contributed by atoms with Crippen molar-refractivity contribution in [3.8, 4) is 11.1 Å². The first kappa shape index (κ1) is 33.6. The minimum atomic E-state index is -1.37. The summed E-state index contributed by atoms with van der Waals surface area (Å²) in [6, 6.07) is 14.9. The highest BCUT2D eigenvalue weighted by Gasteiger charge is 2.39. The van der Waals surface area contributed by atoms with Crippen LogP contribution in [0.4, 0.5) is 4.79 Å². The van der Waals surface area contributed by atoms with Crippen LogP contribution in [0.5, 0.6) is 0 Å². The number of rotatable bonds is 13. The van der Waals surface area contributed by atoms with Crippen molar-refractivity contribution in [2.75, 3.05) is 13.7 Å². The second kappa shape index (κ2) is 14.1. The fraction of sp³-hybridized carbons (Fsp3) is 0.529. The van der Waals surface area contributed by atoms with Gasteiger partial charge >= 0.3 is 12.1 Å². The molecule has 3 rings (SSSR count). The lowest BCUT2D eigenvalue weighted by atomic mass is 9.85. The SMILES string of the molecule is CC[C@H](C)[C@@H]([C@H](C)CC(=O)O)N(C)C(=O)[C@@H](NC(=O)C(C)(C)NC(=O)OCC1c2ccccc2-c2ccccc21)C(C)C. The quantitative estimate of drug-likeness (QED) is 0.285. The summed E-state index contributed by atoms with van der Waals surface area (Å²) in [5.41, 5.74) is 3.04. The molecule has 2 aromatic carbocycles. The zero-order valence-electron chi connectivity index (χ0n) is 26.6. The monoisotopic (exact) mass is 593 g/mol. The molecular weight excluding hydrogens is 546 g/mol. The first-order valence-corrected chi connectivity index (χ1v) is 15.1. The molecule has 3 amide bonds. The number of nitrogens with zero attached hydrogens (tertiary/aromatic N) is 1. The van der Waals surface area contributed by atoms with Crippen LogP contribution in [-0.2, 0) is 19.1 Å². The molecule has 0 bridgehead atoms. The molecule has 0 fully saturated rings. The van der Waals surface area contributed by atoms with Gasteiger partial charge in [0.2, 0.25) is 11.8 Å². The van der Waals surface area contributed by atoms with Gasteiger partial charge < -0.3 is 25.4 Å². The van der Waals surface area contributed by atoms with Gasteiger partial charge in [0, 0.05) is 25.4 Å². The second-order valence-electron chi connectivity index (χ2n) is 12.7. The van der Waals surface area contributed by atoms with Crippen molar-refractivity contribution >= 4 is 23.9 Å². The number of carbonyl (C=O) groups excluding carboxylic acids is 3. The van der Waals surface area contributed by atoms with Crippen LogP contribution in [0.3, 0.4) is 0 Å². The van der Waals surface area contributed by atoms with E-state index in [0.717, 1.165) is 28.7 Å². The summed E-state index contributed by atoms with van der Waals surface area (Å²) >= 11 is 0. The minimum Gasteiger partial charge on any atom is -0.481 e. The van der Waals surface area contributed by atoms with Crippen molar-refractivity contribution in [3.05, 3.63) is 59.7 Å². The number of hydrogen-bond donors (Lipinski definition) is 3. The molecule has 43 heavy (non-hydrogen) atoms. The Morgan fingerprint density at radius 1 is 0.930 bits per heavy atom. The Kier molecular flexibility index (Phi) is 11.0. The largest absolute Gasteiger partial charge is 0.481 e. The summed E-state index contributed by atoms with van der Waals surface area (Å²) in [7, 11) is 1.67. The number of amides is 3. The van der Waals surface area contributed by atoms with E-state index in [1.165, 1.54) is 0 Å². The summed E-state index contributed by atoms with van der Waals surface area (Å²) in [6.45, 7) is 12.7. The van der Waals surface area contributed by atoms with Gasteiger partial charge in [0.25, 0.3) is 0 Å². The number of carboxylic acid groups (broad SMARTS) is 1. The van der Waals surface area contributed by atoms with Gasteiger partial charge in [-0.3, -0.25) is 14.4 Å². The highest BCUT2D eigenvalue weighted by atomic mass is 16.5. The molecule has 3 N–H and O–H groups in total. The molecular formula is C34H47N3O6. The van der Waals surface area contributed by atoms with Gasteiger partial charge in [-0.25, -0.2) is 4.79 Å². The van der Waals surface area contributed by atoms with Crippen molar-refractivity contribution in [3.63, 3.8) is 0 Å². The Hall–Kier alpha value is -3.88. The number of fused-ring (bicyclic) bond motifs is 3.